The zero-order chi connectivity index (χ0) is 13.6. The Labute approximate surface area is 114 Å². The summed E-state index contributed by atoms with van der Waals surface area (Å²) in [5, 5.41) is 6.70. The van der Waals surface area contributed by atoms with Gasteiger partial charge in [0.1, 0.15) is 0 Å². The van der Waals surface area contributed by atoms with Gasteiger partial charge in [0.2, 0.25) is 0 Å². The van der Waals surface area contributed by atoms with Gasteiger partial charge in [-0.2, -0.15) is 0 Å². The molecule has 0 spiro atoms. The number of nitrogens with one attached hydrogen (secondary N) is 2. The standard InChI is InChI=1S/C14H34N4/c1-5-11-17(3)13-7-9-16-10-14-18(4)12-6-8-15-2/h15-16H,5-14H2,1-4H3. The highest BCUT2D eigenvalue weighted by Crippen LogP contribution is 1.89. The van der Waals surface area contributed by atoms with Crippen LogP contribution in [0.3, 0.4) is 0 Å². The third-order valence-electron chi connectivity index (χ3n) is 3.14. The maximum Gasteiger partial charge on any atom is 0.0104 e. The molecule has 0 aliphatic heterocycles. The molecule has 0 heterocycles. The molecule has 0 saturated heterocycles. The van der Waals surface area contributed by atoms with Crippen LogP contribution in [0.5, 0.6) is 0 Å². The minimum Gasteiger partial charge on any atom is -0.320 e. The summed E-state index contributed by atoms with van der Waals surface area (Å²) in [4.78, 5) is 4.80. The van der Waals surface area contributed by atoms with E-state index in [0.29, 0.717) is 0 Å². The van der Waals surface area contributed by atoms with Crippen molar-refractivity contribution >= 4 is 0 Å². The Kier molecular flexibility index (Phi) is 13.2. The quantitative estimate of drug-likeness (QED) is 0.480. The molecule has 0 radical (unpaired) electrons. The lowest BCUT2D eigenvalue weighted by molar-refractivity contribution is 0.313. The first kappa shape index (κ1) is 17.8. The topological polar surface area (TPSA) is 30.5 Å². The van der Waals surface area contributed by atoms with Crippen LogP contribution in [0.1, 0.15) is 26.2 Å². The molecule has 0 atom stereocenters. The summed E-state index contributed by atoms with van der Waals surface area (Å²) < 4.78 is 0. The van der Waals surface area contributed by atoms with Crippen molar-refractivity contribution in [1.82, 2.24) is 20.4 Å². The second-order valence-electron chi connectivity index (χ2n) is 5.17. The summed E-state index contributed by atoms with van der Waals surface area (Å²) in [5.74, 6) is 0. The van der Waals surface area contributed by atoms with Crippen molar-refractivity contribution in [3.8, 4) is 0 Å². The van der Waals surface area contributed by atoms with Gasteiger partial charge in [-0.05, 0) is 73.1 Å². The van der Waals surface area contributed by atoms with Crippen molar-refractivity contribution in [3.05, 3.63) is 0 Å². The third-order valence-corrected chi connectivity index (χ3v) is 3.14. The molecule has 4 nitrogen and oxygen atoms in total. The van der Waals surface area contributed by atoms with Crippen LogP contribution in [0.15, 0.2) is 0 Å². The van der Waals surface area contributed by atoms with Crippen LogP contribution < -0.4 is 10.6 Å². The molecule has 0 unspecified atom stereocenters. The minimum absolute atomic E-state index is 1.10. The van der Waals surface area contributed by atoms with Gasteiger partial charge in [0.25, 0.3) is 0 Å². The van der Waals surface area contributed by atoms with Gasteiger partial charge < -0.3 is 20.4 Å². The minimum atomic E-state index is 1.10. The van der Waals surface area contributed by atoms with E-state index in [1.807, 2.05) is 7.05 Å². The molecule has 0 aromatic rings. The zero-order valence-electron chi connectivity index (χ0n) is 13.0. The second kappa shape index (κ2) is 13.3. The largest absolute Gasteiger partial charge is 0.320 e. The number of likely N-dealkylation sites (N-methyl/N-ethyl adjacent to an activating group) is 1. The van der Waals surface area contributed by atoms with Crippen LogP contribution in [-0.4, -0.2) is 76.8 Å². The smallest absolute Gasteiger partial charge is 0.0104 e. The van der Waals surface area contributed by atoms with Gasteiger partial charge in [-0.3, -0.25) is 0 Å². The first-order valence-electron chi connectivity index (χ1n) is 7.43. The van der Waals surface area contributed by atoms with Crippen molar-refractivity contribution in [2.24, 2.45) is 0 Å². The van der Waals surface area contributed by atoms with Gasteiger partial charge >= 0.3 is 0 Å². The van der Waals surface area contributed by atoms with Gasteiger partial charge in [-0.25, -0.2) is 0 Å². The molecule has 0 aliphatic carbocycles. The van der Waals surface area contributed by atoms with Crippen molar-refractivity contribution < 1.29 is 0 Å². The molecule has 0 aliphatic rings. The molecule has 0 fully saturated rings. The van der Waals surface area contributed by atoms with Gasteiger partial charge in [-0.15, -0.1) is 0 Å². The van der Waals surface area contributed by atoms with Gasteiger partial charge in [0.05, 0.1) is 0 Å². The predicted octanol–water partition coefficient (Wildman–Crippen LogP) is 0.849. The zero-order valence-corrected chi connectivity index (χ0v) is 13.0. The SMILES string of the molecule is CCCN(C)CCCNCCN(C)CCCNC. The first-order chi connectivity index (χ1) is 8.70. The van der Waals surface area contributed by atoms with Crippen LogP contribution in [0.25, 0.3) is 0 Å². The molecule has 2 N–H and O–H groups in total. The van der Waals surface area contributed by atoms with Gasteiger partial charge in [-0.1, -0.05) is 6.92 Å². The van der Waals surface area contributed by atoms with E-state index in [0.717, 1.165) is 26.2 Å². The normalized spacial score (nSPS) is 11.7. The molecule has 110 valence electrons. The summed E-state index contributed by atoms with van der Waals surface area (Å²) in [5.41, 5.74) is 0. The molecule has 0 saturated carbocycles. The van der Waals surface area contributed by atoms with E-state index in [2.05, 4.69) is 41.5 Å². The lowest BCUT2D eigenvalue weighted by Gasteiger charge is -2.18. The average Bonchev–Trinajstić information content (AvgIpc) is 2.34. The number of nitrogens with zero attached hydrogens (tertiary/aromatic N) is 2. The highest BCUT2D eigenvalue weighted by molar-refractivity contribution is 4.57. The highest BCUT2D eigenvalue weighted by atomic mass is 15.1. The molecule has 0 amide bonds. The number of hydrogen-bond donors (Lipinski definition) is 2. The molecule has 0 aromatic carbocycles. The van der Waals surface area contributed by atoms with E-state index < -0.39 is 0 Å². The molecular weight excluding hydrogens is 224 g/mol. The monoisotopic (exact) mass is 258 g/mol. The van der Waals surface area contributed by atoms with Gasteiger partial charge in [0.15, 0.2) is 0 Å². The Morgan fingerprint density at radius 1 is 0.778 bits per heavy atom. The molecule has 4 heteroatoms. The first-order valence-corrected chi connectivity index (χ1v) is 7.43. The fourth-order valence-electron chi connectivity index (χ4n) is 2.00. The maximum absolute atomic E-state index is 3.52. The van der Waals surface area contributed by atoms with E-state index in [9.17, 15) is 0 Å². The van der Waals surface area contributed by atoms with Crippen molar-refractivity contribution in [2.45, 2.75) is 26.2 Å². The van der Waals surface area contributed by atoms with Crippen molar-refractivity contribution in [1.29, 1.82) is 0 Å². The van der Waals surface area contributed by atoms with E-state index in [1.165, 1.54) is 38.9 Å². The fraction of sp³-hybridized carbons (Fsp3) is 1.00. The summed E-state index contributed by atoms with van der Waals surface area (Å²) in [6.45, 7) is 10.3. The summed E-state index contributed by atoms with van der Waals surface area (Å²) in [7, 11) is 6.42. The van der Waals surface area contributed by atoms with Crippen LogP contribution in [0.2, 0.25) is 0 Å². The van der Waals surface area contributed by atoms with Crippen molar-refractivity contribution in [3.63, 3.8) is 0 Å². The highest BCUT2D eigenvalue weighted by Gasteiger charge is 1.98. The second-order valence-corrected chi connectivity index (χ2v) is 5.17. The van der Waals surface area contributed by atoms with Crippen molar-refractivity contribution in [2.75, 3.05) is 67.0 Å². The molecular formula is C14H34N4. The summed E-state index contributed by atoms with van der Waals surface area (Å²) in [6, 6.07) is 0. The van der Waals surface area contributed by atoms with E-state index in [1.54, 1.807) is 0 Å². The Morgan fingerprint density at radius 3 is 2.00 bits per heavy atom. The fourth-order valence-corrected chi connectivity index (χ4v) is 2.00. The Bertz CT molecular complexity index is 164. The molecule has 0 rings (SSSR count). The lowest BCUT2D eigenvalue weighted by atomic mass is 10.3. The van der Waals surface area contributed by atoms with Crippen LogP contribution >= 0.6 is 0 Å². The number of hydrogen-bond acceptors (Lipinski definition) is 4. The van der Waals surface area contributed by atoms with Crippen LogP contribution in [0, 0.1) is 0 Å². The molecule has 0 bridgehead atoms. The van der Waals surface area contributed by atoms with Crippen LogP contribution in [0.4, 0.5) is 0 Å². The Hall–Kier alpha value is -0.160. The van der Waals surface area contributed by atoms with E-state index >= 15 is 0 Å². The van der Waals surface area contributed by atoms with E-state index in [4.69, 9.17) is 0 Å². The van der Waals surface area contributed by atoms with Crippen LogP contribution in [-0.2, 0) is 0 Å². The summed E-state index contributed by atoms with van der Waals surface area (Å²) >= 11 is 0. The Balaban J connectivity index is 3.19. The molecule has 18 heavy (non-hydrogen) atoms. The van der Waals surface area contributed by atoms with Gasteiger partial charge in [0, 0.05) is 13.1 Å². The number of rotatable bonds is 13. The maximum atomic E-state index is 3.52. The van der Waals surface area contributed by atoms with E-state index in [-0.39, 0.29) is 0 Å². The Morgan fingerprint density at radius 2 is 1.39 bits per heavy atom. The molecule has 0 aromatic heterocycles. The average molecular weight is 258 g/mol. The predicted molar refractivity (Wildman–Crippen MR) is 81.3 cm³/mol. The lowest BCUT2D eigenvalue weighted by Crippen LogP contribution is -2.32. The summed E-state index contributed by atoms with van der Waals surface area (Å²) in [6.07, 6.45) is 3.73. The third kappa shape index (κ3) is 12.3.